The second kappa shape index (κ2) is 9.46. The topological polar surface area (TPSA) is 134 Å². The Kier molecular flexibility index (Phi) is 6.45. The zero-order valence-electron chi connectivity index (χ0n) is 21.4. The molecule has 1 fully saturated rings. The first-order chi connectivity index (χ1) is 17.6. The van der Waals surface area contributed by atoms with Gasteiger partial charge in [-0.25, -0.2) is 4.98 Å². The fourth-order valence-corrected chi connectivity index (χ4v) is 5.87. The molecule has 0 bridgehead atoms. The molecule has 1 aromatic carbocycles. The van der Waals surface area contributed by atoms with E-state index in [1.54, 1.807) is 30.1 Å². The fraction of sp³-hybridized carbons (Fsp3) is 0.462. The van der Waals surface area contributed by atoms with E-state index in [0.29, 0.717) is 11.7 Å². The van der Waals surface area contributed by atoms with Crippen molar-refractivity contribution in [2.45, 2.75) is 64.6 Å². The first-order valence-electron chi connectivity index (χ1n) is 12.3. The highest BCUT2D eigenvalue weighted by atomic mass is 32.1. The molecule has 194 valence electrons. The van der Waals surface area contributed by atoms with Gasteiger partial charge < -0.3 is 19.8 Å². The number of β-amino-alcohol motifs (C(OH)–C–C–N with tert-alkyl or cyclic N) is 1. The Balaban J connectivity index is 1.39. The number of nitrogens with one attached hydrogen (secondary N) is 1. The summed E-state index contributed by atoms with van der Waals surface area (Å²) < 4.78 is 5.33. The number of aliphatic imine (C=N–C) groups is 1. The summed E-state index contributed by atoms with van der Waals surface area (Å²) in [6, 6.07) is 7.21. The number of amides is 2. The molecule has 10 nitrogen and oxygen atoms in total. The quantitative estimate of drug-likeness (QED) is 0.505. The van der Waals surface area contributed by atoms with E-state index >= 15 is 0 Å². The monoisotopic (exact) mass is 522 g/mol. The van der Waals surface area contributed by atoms with Gasteiger partial charge in [0, 0.05) is 13.0 Å². The summed E-state index contributed by atoms with van der Waals surface area (Å²) in [4.78, 5) is 42.5. The Morgan fingerprint density at radius 1 is 1.27 bits per heavy atom. The molecule has 2 aliphatic heterocycles. The van der Waals surface area contributed by atoms with E-state index in [1.165, 1.54) is 0 Å². The van der Waals surface area contributed by atoms with Crippen LogP contribution >= 0.6 is 11.3 Å². The molecule has 2 amide bonds. The lowest BCUT2D eigenvalue weighted by atomic mass is 9.91. The van der Waals surface area contributed by atoms with Crippen molar-refractivity contribution in [1.82, 2.24) is 25.3 Å². The molecular formula is C26H30N6O4S. The maximum Gasteiger partial charge on any atom is 0.277 e. The van der Waals surface area contributed by atoms with Gasteiger partial charge in [-0.15, -0.1) is 11.3 Å². The number of amidine groups is 1. The zero-order valence-corrected chi connectivity index (χ0v) is 22.2. The van der Waals surface area contributed by atoms with Crippen LogP contribution in [-0.4, -0.2) is 61.5 Å². The number of rotatable bonds is 6. The smallest absolute Gasteiger partial charge is 0.277 e. The summed E-state index contributed by atoms with van der Waals surface area (Å²) in [5, 5.41) is 17.6. The van der Waals surface area contributed by atoms with E-state index in [0.717, 1.165) is 21.7 Å². The van der Waals surface area contributed by atoms with E-state index in [2.05, 4.69) is 25.4 Å². The second-order valence-electron chi connectivity index (χ2n) is 10.2. The standard InChI is InChI=1S/C26H30N6O4S/c1-13(2)20(23-28-15(4)31-36-23)24(34)32-11-18(33)10-19(32)22-29-25(35)26(5,30-22)17-8-6-16(7-9-17)21-14(3)27-12-37-21/h6-9,12-13,18-20,33H,10-11H2,1-5H3,(H,29,30,35). The number of nitrogens with zero attached hydrogens (tertiary/aromatic N) is 5. The van der Waals surface area contributed by atoms with Crippen LogP contribution in [0.5, 0.6) is 0 Å². The highest BCUT2D eigenvalue weighted by Crippen LogP contribution is 2.35. The summed E-state index contributed by atoms with van der Waals surface area (Å²) in [7, 11) is 0. The maximum absolute atomic E-state index is 13.7. The molecule has 2 aliphatic rings. The summed E-state index contributed by atoms with van der Waals surface area (Å²) in [6.07, 6.45) is -0.461. The lowest BCUT2D eigenvalue weighted by molar-refractivity contribution is -0.134. The number of carbonyl (C=O) groups excluding carboxylic acids is 2. The minimum Gasteiger partial charge on any atom is -0.391 e. The third-order valence-corrected chi connectivity index (χ3v) is 8.10. The molecule has 0 radical (unpaired) electrons. The number of aliphatic hydroxyl groups excluding tert-OH is 1. The van der Waals surface area contributed by atoms with Crippen molar-refractivity contribution in [3.05, 3.63) is 52.7 Å². The summed E-state index contributed by atoms with van der Waals surface area (Å²) in [5.74, 6) is -0.287. The average Bonchev–Trinajstić information content (AvgIpc) is 3.62. The van der Waals surface area contributed by atoms with E-state index < -0.39 is 23.6 Å². The van der Waals surface area contributed by atoms with Crippen LogP contribution in [0.2, 0.25) is 0 Å². The van der Waals surface area contributed by atoms with Crippen molar-refractivity contribution in [2.24, 2.45) is 10.9 Å². The minimum atomic E-state index is -1.08. The van der Waals surface area contributed by atoms with Gasteiger partial charge in [-0.1, -0.05) is 43.3 Å². The molecule has 0 saturated carbocycles. The predicted octanol–water partition coefficient (Wildman–Crippen LogP) is 2.96. The van der Waals surface area contributed by atoms with Gasteiger partial charge in [-0.3, -0.25) is 9.59 Å². The zero-order chi connectivity index (χ0) is 26.5. The van der Waals surface area contributed by atoms with E-state index in [-0.39, 0.29) is 36.6 Å². The van der Waals surface area contributed by atoms with E-state index in [1.807, 2.05) is 50.5 Å². The van der Waals surface area contributed by atoms with Gasteiger partial charge in [0.15, 0.2) is 5.82 Å². The highest BCUT2D eigenvalue weighted by molar-refractivity contribution is 7.13. The molecule has 2 N–H and O–H groups in total. The SMILES string of the molecule is Cc1noc(C(C(=O)N2CC(O)CC2C2=NC(=O)C(C)(c3ccc(-c4scnc4C)cc3)N2)C(C)C)n1. The first kappa shape index (κ1) is 25.2. The summed E-state index contributed by atoms with van der Waals surface area (Å²) in [5.41, 5.74) is 3.49. The first-order valence-corrected chi connectivity index (χ1v) is 13.2. The van der Waals surface area contributed by atoms with Crippen molar-refractivity contribution in [2.75, 3.05) is 6.54 Å². The van der Waals surface area contributed by atoms with Crippen LogP contribution in [0.15, 0.2) is 39.3 Å². The van der Waals surface area contributed by atoms with Crippen LogP contribution in [0.4, 0.5) is 0 Å². The molecule has 5 rings (SSSR count). The van der Waals surface area contributed by atoms with Gasteiger partial charge in [0.2, 0.25) is 11.8 Å². The van der Waals surface area contributed by atoms with Crippen LogP contribution in [0.1, 0.15) is 56.1 Å². The van der Waals surface area contributed by atoms with Crippen molar-refractivity contribution < 1.29 is 19.2 Å². The summed E-state index contributed by atoms with van der Waals surface area (Å²) in [6.45, 7) is 9.41. The van der Waals surface area contributed by atoms with Gasteiger partial charge in [0.25, 0.3) is 5.91 Å². The number of aryl methyl sites for hydroxylation is 2. The van der Waals surface area contributed by atoms with Gasteiger partial charge >= 0.3 is 0 Å². The number of aromatic nitrogens is 3. The summed E-state index contributed by atoms with van der Waals surface area (Å²) >= 11 is 1.57. The number of hydrogen-bond donors (Lipinski definition) is 2. The van der Waals surface area contributed by atoms with Crippen molar-refractivity contribution >= 4 is 29.0 Å². The lowest BCUT2D eigenvalue weighted by Crippen LogP contribution is -2.51. The molecule has 4 heterocycles. The number of likely N-dealkylation sites (tertiary alicyclic amines) is 1. The van der Waals surface area contributed by atoms with E-state index in [9.17, 15) is 14.7 Å². The average molecular weight is 523 g/mol. The normalized spacial score (nSPS) is 24.5. The predicted molar refractivity (Wildman–Crippen MR) is 138 cm³/mol. The lowest BCUT2D eigenvalue weighted by Gasteiger charge is -2.30. The Hall–Kier alpha value is -3.44. The number of benzene rings is 1. The number of carbonyl (C=O) groups is 2. The fourth-order valence-electron chi connectivity index (χ4n) is 5.06. The van der Waals surface area contributed by atoms with Crippen LogP contribution in [-0.2, 0) is 15.1 Å². The molecule has 4 unspecified atom stereocenters. The minimum absolute atomic E-state index is 0.114. The molecule has 2 aromatic heterocycles. The van der Waals surface area contributed by atoms with Gasteiger partial charge in [-0.2, -0.15) is 9.98 Å². The van der Waals surface area contributed by atoms with Gasteiger partial charge in [0.1, 0.15) is 17.3 Å². The largest absolute Gasteiger partial charge is 0.391 e. The molecule has 37 heavy (non-hydrogen) atoms. The third-order valence-electron chi connectivity index (χ3n) is 7.12. The van der Waals surface area contributed by atoms with Crippen LogP contribution < -0.4 is 5.32 Å². The molecule has 0 spiro atoms. The molecule has 3 aromatic rings. The van der Waals surface area contributed by atoms with Gasteiger partial charge in [-0.05, 0) is 37.8 Å². The third kappa shape index (κ3) is 4.46. The Labute approximate surface area is 218 Å². The highest BCUT2D eigenvalue weighted by Gasteiger charge is 2.48. The van der Waals surface area contributed by atoms with Crippen LogP contribution in [0.3, 0.4) is 0 Å². The molecule has 1 saturated heterocycles. The van der Waals surface area contributed by atoms with Crippen molar-refractivity contribution in [3.63, 3.8) is 0 Å². The molecule has 4 atom stereocenters. The van der Waals surface area contributed by atoms with E-state index in [4.69, 9.17) is 4.52 Å². The number of aliphatic hydroxyl groups is 1. The Morgan fingerprint density at radius 2 is 2.00 bits per heavy atom. The molecular weight excluding hydrogens is 492 g/mol. The maximum atomic E-state index is 13.7. The Morgan fingerprint density at radius 3 is 2.59 bits per heavy atom. The molecule has 11 heteroatoms. The number of thiazole rings is 1. The van der Waals surface area contributed by atoms with Crippen molar-refractivity contribution in [1.29, 1.82) is 0 Å². The Bertz CT molecular complexity index is 1360. The van der Waals surface area contributed by atoms with Crippen LogP contribution in [0.25, 0.3) is 10.4 Å². The van der Waals surface area contributed by atoms with Gasteiger partial charge in [0.05, 0.1) is 28.2 Å². The van der Waals surface area contributed by atoms with Crippen LogP contribution in [0, 0.1) is 19.8 Å². The second-order valence-corrected chi connectivity index (χ2v) is 11.0. The molecule has 0 aliphatic carbocycles. The number of hydrogen-bond acceptors (Lipinski definition) is 9. The van der Waals surface area contributed by atoms with Crippen molar-refractivity contribution in [3.8, 4) is 10.4 Å².